The summed E-state index contributed by atoms with van der Waals surface area (Å²) >= 11 is 0. The van der Waals surface area contributed by atoms with E-state index in [0.29, 0.717) is 0 Å². The average Bonchev–Trinajstić information content (AvgIpc) is 2.52. The van der Waals surface area contributed by atoms with Crippen LogP contribution in [0.15, 0.2) is 60.7 Å². The molecule has 0 N–H and O–H groups in total. The molecule has 0 saturated heterocycles. The molecule has 0 spiro atoms. The molecule has 0 atom stereocenters. The maximum absolute atomic E-state index is 5.35. The van der Waals surface area contributed by atoms with Crippen LogP contribution < -0.4 is 9.47 Å². The Bertz CT molecular complexity index is 598. The van der Waals surface area contributed by atoms with E-state index < -0.39 is 0 Å². The molecule has 2 heteroatoms. The first kappa shape index (κ1) is 13.9. The van der Waals surface area contributed by atoms with Gasteiger partial charge in [-0.1, -0.05) is 54.6 Å². The minimum Gasteiger partial charge on any atom is -0.497 e. The number of hydrogen-bond acceptors (Lipinski definition) is 2. The number of methoxy groups -OCH3 is 2. The lowest BCUT2D eigenvalue weighted by Gasteiger charge is -2.06. The van der Waals surface area contributed by atoms with Gasteiger partial charge < -0.3 is 9.47 Å². The molecule has 0 aliphatic heterocycles. The maximum Gasteiger partial charge on any atom is 0.129 e. The zero-order chi connectivity index (χ0) is 14.2. The summed E-state index contributed by atoms with van der Waals surface area (Å²) in [6, 6.07) is 16.0. The SMILES string of the molecule is COc1ccc(/C=C/C=C/c2ccccc2)c(OC)c1. The van der Waals surface area contributed by atoms with Gasteiger partial charge in [0, 0.05) is 11.6 Å². The van der Waals surface area contributed by atoms with E-state index in [9.17, 15) is 0 Å². The molecule has 2 rings (SSSR count). The maximum atomic E-state index is 5.35. The first-order valence-corrected chi connectivity index (χ1v) is 6.45. The highest BCUT2D eigenvalue weighted by molar-refractivity contribution is 5.62. The quantitative estimate of drug-likeness (QED) is 0.745. The van der Waals surface area contributed by atoms with Crippen molar-refractivity contribution in [2.24, 2.45) is 0 Å². The van der Waals surface area contributed by atoms with E-state index in [1.165, 1.54) is 5.56 Å². The van der Waals surface area contributed by atoms with Gasteiger partial charge >= 0.3 is 0 Å². The van der Waals surface area contributed by atoms with Gasteiger partial charge in [0.25, 0.3) is 0 Å². The van der Waals surface area contributed by atoms with Crippen LogP contribution in [0.3, 0.4) is 0 Å². The molecule has 20 heavy (non-hydrogen) atoms. The summed E-state index contributed by atoms with van der Waals surface area (Å²) in [4.78, 5) is 0. The Kier molecular flexibility index (Phi) is 5.01. The zero-order valence-electron chi connectivity index (χ0n) is 11.7. The fourth-order valence-electron chi connectivity index (χ4n) is 1.85. The summed E-state index contributed by atoms with van der Waals surface area (Å²) < 4.78 is 10.5. The van der Waals surface area contributed by atoms with Gasteiger partial charge in [-0.3, -0.25) is 0 Å². The molecule has 0 saturated carbocycles. The third-order valence-electron chi connectivity index (χ3n) is 2.92. The Balaban J connectivity index is 2.09. The van der Waals surface area contributed by atoms with E-state index >= 15 is 0 Å². The first-order valence-electron chi connectivity index (χ1n) is 6.45. The highest BCUT2D eigenvalue weighted by Crippen LogP contribution is 2.25. The van der Waals surface area contributed by atoms with Crippen LogP contribution in [0.4, 0.5) is 0 Å². The summed E-state index contributed by atoms with van der Waals surface area (Å²) in [5, 5.41) is 0. The van der Waals surface area contributed by atoms with E-state index in [1.54, 1.807) is 14.2 Å². The van der Waals surface area contributed by atoms with Crippen LogP contribution in [-0.2, 0) is 0 Å². The summed E-state index contributed by atoms with van der Waals surface area (Å²) in [6.07, 6.45) is 8.08. The monoisotopic (exact) mass is 266 g/mol. The molecular formula is C18H18O2. The normalized spacial score (nSPS) is 11.1. The molecule has 102 valence electrons. The average molecular weight is 266 g/mol. The van der Waals surface area contributed by atoms with Crippen LogP contribution in [0.1, 0.15) is 11.1 Å². The standard InChI is InChI=1S/C18H18O2/c1-19-17-13-12-16(18(14-17)20-2)11-7-6-10-15-8-4-3-5-9-15/h3-14H,1-2H3/b10-6+,11-7+. The van der Waals surface area contributed by atoms with E-state index in [4.69, 9.17) is 9.47 Å². The topological polar surface area (TPSA) is 18.5 Å². The van der Waals surface area contributed by atoms with E-state index in [2.05, 4.69) is 18.2 Å². The Morgan fingerprint density at radius 1 is 0.800 bits per heavy atom. The lowest BCUT2D eigenvalue weighted by Crippen LogP contribution is -1.89. The molecule has 0 heterocycles. The number of hydrogen-bond donors (Lipinski definition) is 0. The van der Waals surface area contributed by atoms with Crippen LogP contribution in [-0.4, -0.2) is 14.2 Å². The van der Waals surface area contributed by atoms with Crippen LogP contribution in [0, 0.1) is 0 Å². The van der Waals surface area contributed by atoms with Crippen molar-refractivity contribution in [2.75, 3.05) is 14.2 Å². The molecule has 2 aromatic rings. The molecular weight excluding hydrogens is 248 g/mol. The van der Waals surface area contributed by atoms with Crippen molar-refractivity contribution in [1.82, 2.24) is 0 Å². The fraction of sp³-hybridized carbons (Fsp3) is 0.111. The van der Waals surface area contributed by atoms with Gasteiger partial charge in [0.05, 0.1) is 14.2 Å². The summed E-state index contributed by atoms with van der Waals surface area (Å²) in [7, 11) is 3.30. The minimum absolute atomic E-state index is 0.791. The first-order chi connectivity index (χ1) is 9.83. The molecule has 0 unspecified atom stereocenters. The van der Waals surface area contributed by atoms with Gasteiger partial charge in [0.1, 0.15) is 11.5 Å². The van der Waals surface area contributed by atoms with E-state index in [0.717, 1.165) is 17.1 Å². The van der Waals surface area contributed by atoms with Crippen molar-refractivity contribution in [3.8, 4) is 11.5 Å². The minimum atomic E-state index is 0.791. The molecule has 2 aromatic carbocycles. The second kappa shape index (κ2) is 7.19. The van der Waals surface area contributed by atoms with E-state index in [-0.39, 0.29) is 0 Å². The van der Waals surface area contributed by atoms with Crippen LogP contribution in [0.25, 0.3) is 12.2 Å². The molecule has 2 nitrogen and oxygen atoms in total. The van der Waals surface area contributed by atoms with Crippen molar-refractivity contribution in [2.45, 2.75) is 0 Å². The molecule has 0 aliphatic carbocycles. The Labute approximate surface area is 120 Å². The summed E-state index contributed by atoms with van der Waals surface area (Å²) in [5.41, 5.74) is 2.20. The second-order valence-corrected chi connectivity index (χ2v) is 4.24. The molecule has 0 bridgehead atoms. The highest BCUT2D eigenvalue weighted by Gasteiger charge is 2.00. The van der Waals surface area contributed by atoms with Gasteiger partial charge in [-0.2, -0.15) is 0 Å². The van der Waals surface area contributed by atoms with Gasteiger partial charge in [0.15, 0.2) is 0 Å². The van der Waals surface area contributed by atoms with Gasteiger partial charge in [0.2, 0.25) is 0 Å². The van der Waals surface area contributed by atoms with Crippen molar-refractivity contribution in [3.63, 3.8) is 0 Å². The van der Waals surface area contributed by atoms with Crippen molar-refractivity contribution in [3.05, 3.63) is 71.8 Å². The third kappa shape index (κ3) is 3.75. The predicted octanol–water partition coefficient (Wildman–Crippen LogP) is 4.43. The van der Waals surface area contributed by atoms with Crippen molar-refractivity contribution in [1.29, 1.82) is 0 Å². The third-order valence-corrected chi connectivity index (χ3v) is 2.92. The number of benzene rings is 2. The smallest absolute Gasteiger partial charge is 0.129 e. The largest absolute Gasteiger partial charge is 0.497 e. The van der Waals surface area contributed by atoms with Gasteiger partial charge in [-0.15, -0.1) is 0 Å². The Hall–Kier alpha value is -2.48. The number of rotatable bonds is 5. The van der Waals surface area contributed by atoms with Crippen molar-refractivity contribution < 1.29 is 9.47 Å². The number of ether oxygens (including phenoxy) is 2. The Morgan fingerprint density at radius 3 is 2.25 bits per heavy atom. The predicted molar refractivity (Wildman–Crippen MR) is 84.1 cm³/mol. The second-order valence-electron chi connectivity index (χ2n) is 4.24. The van der Waals surface area contributed by atoms with Gasteiger partial charge in [-0.05, 0) is 17.7 Å². The number of allylic oxidation sites excluding steroid dienone is 2. The summed E-state index contributed by atoms with van der Waals surface area (Å²) in [6.45, 7) is 0. The molecule has 0 aromatic heterocycles. The zero-order valence-corrected chi connectivity index (χ0v) is 11.7. The summed E-state index contributed by atoms with van der Waals surface area (Å²) in [5.74, 6) is 1.59. The fourth-order valence-corrected chi connectivity index (χ4v) is 1.85. The molecule has 0 amide bonds. The lowest BCUT2D eigenvalue weighted by molar-refractivity contribution is 0.394. The van der Waals surface area contributed by atoms with Crippen LogP contribution in [0.2, 0.25) is 0 Å². The lowest BCUT2D eigenvalue weighted by atomic mass is 10.1. The van der Waals surface area contributed by atoms with Crippen LogP contribution in [0.5, 0.6) is 11.5 Å². The molecule has 0 fully saturated rings. The van der Waals surface area contributed by atoms with Crippen molar-refractivity contribution >= 4 is 12.2 Å². The van der Waals surface area contributed by atoms with E-state index in [1.807, 2.05) is 54.6 Å². The molecule has 0 radical (unpaired) electrons. The van der Waals surface area contributed by atoms with Crippen LogP contribution >= 0.6 is 0 Å². The van der Waals surface area contributed by atoms with Gasteiger partial charge in [-0.25, -0.2) is 0 Å². The highest BCUT2D eigenvalue weighted by atomic mass is 16.5. The Morgan fingerprint density at radius 2 is 1.55 bits per heavy atom. The molecule has 0 aliphatic rings.